The number of aromatic nitrogens is 3. The highest BCUT2D eigenvalue weighted by atomic mass is 35.5. The van der Waals surface area contributed by atoms with Crippen LogP contribution in [-0.2, 0) is 20.0 Å². The van der Waals surface area contributed by atoms with Crippen molar-refractivity contribution in [3.05, 3.63) is 39.9 Å². The molecule has 0 bridgehead atoms. The number of fused-ring (bicyclic) bond motifs is 1. The van der Waals surface area contributed by atoms with Gasteiger partial charge >= 0.3 is 0 Å². The molecular weight excluding hydrogens is 284 g/mol. The van der Waals surface area contributed by atoms with E-state index in [0.29, 0.717) is 6.04 Å². The third kappa shape index (κ3) is 2.74. The van der Waals surface area contributed by atoms with Crippen LogP contribution < -0.4 is 5.32 Å². The van der Waals surface area contributed by atoms with Crippen LogP contribution in [0.15, 0.2) is 12.4 Å². The van der Waals surface area contributed by atoms with Gasteiger partial charge in [0.15, 0.2) is 0 Å². The van der Waals surface area contributed by atoms with E-state index in [4.69, 9.17) is 11.6 Å². The monoisotopic (exact) mass is 306 g/mol. The Morgan fingerprint density at radius 3 is 2.90 bits per heavy atom. The number of rotatable bonds is 4. The van der Waals surface area contributed by atoms with Crippen LogP contribution >= 0.6 is 11.6 Å². The summed E-state index contributed by atoms with van der Waals surface area (Å²) in [7, 11) is 1.96. The lowest BCUT2D eigenvalue weighted by atomic mass is 9.91. The average Bonchev–Trinajstić information content (AvgIpc) is 2.96. The Balaban J connectivity index is 1.87. The van der Waals surface area contributed by atoms with Gasteiger partial charge in [-0.15, -0.1) is 0 Å². The summed E-state index contributed by atoms with van der Waals surface area (Å²) in [6.07, 6.45) is 8.23. The molecule has 1 aliphatic rings. The number of aryl methyl sites for hydroxylation is 3. The van der Waals surface area contributed by atoms with Crippen molar-refractivity contribution in [2.75, 3.05) is 6.54 Å². The van der Waals surface area contributed by atoms with Crippen LogP contribution in [0.2, 0.25) is 5.02 Å². The molecule has 0 amide bonds. The van der Waals surface area contributed by atoms with Crippen LogP contribution in [0.3, 0.4) is 0 Å². The van der Waals surface area contributed by atoms with Gasteiger partial charge in [0.1, 0.15) is 0 Å². The van der Waals surface area contributed by atoms with E-state index >= 15 is 0 Å². The van der Waals surface area contributed by atoms with E-state index in [1.54, 1.807) is 0 Å². The SMILES string of the molecule is CCNC1CCCc2cn(Cc3c(Cl)c(C)nn3C)cc21. The molecule has 1 unspecified atom stereocenters. The molecule has 0 fully saturated rings. The van der Waals surface area contributed by atoms with Gasteiger partial charge in [0.05, 0.1) is 23.0 Å². The Hall–Kier alpha value is -1.26. The Bertz CT molecular complexity index is 641. The zero-order chi connectivity index (χ0) is 15.0. The third-order valence-electron chi connectivity index (χ3n) is 4.36. The zero-order valence-electron chi connectivity index (χ0n) is 13.0. The molecule has 2 heterocycles. The lowest BCUT2D eigenvalue weighted by Gasteiger charge is -2.22. The average molecular weight is 307 g/mol. The van der Waals surface area contributed by atoms with E-state index in [0.717, 1.165) is 29.5 Å². The first-order chi connectivity index (χ1) is 10.1. The molecule has 0 radical (unpaired) electrons. The highest BCUT2D eigenvalue weighted by Crippen LogP contribution is 2.31. The highest BCUT2D eigenvalue weighted by Gasteiger charge is 2.22. The lowest BCUT2D eigenvalue weighted by Crippen LogP contribution is -2.23. The van der Waals surface area contributed by atoms with Crippen molar-refractivity contribution in [2.45, 2.75) is 45.7 Å². The van der Waals surface area contributed by atoms with E-state index in [1.807, 2.05) is 18.7 Å². The summed E-state index contributed by atoms with van der Waals surface area (Å²) in [4.78, 5) is 0. The molecule has 0 saturated heterocycles. The van der Waals surface area contributed by atoms with Crippen molar-refractivity contribution >= 4 is 11.6 Å². The summed E-state index contributed by atoms with van der Waals surface area (Å²) >= 11 is 6.36. The highest BCUT2D eigenvalue weighted by molar-refractivity contribution is 6.31. The molecule has 0 aliphatic heterocycles. The van der Waals surface area contributed by atoms with Gasteiger partial charge in [-0.3, -0.25) is 4.68 Å². The lowest BCUT2D eigenvalue weighted by molar-refractivity contribution is 0.473. The summed E-state index contributed by atoms with van der Waals surface area (Å²) in [5.41, 5.74) is 4.90. The predicted octanol–water partition coefficient (Wildman–Crippen LogP) is 3.22. The molecule has 2 aromatic heterocycles. The van der Waals surface area contributed by atoms with Crippen LogP contribution in [0.25, 0.3) is 0 Å². The van der Waals surface area contributed by atoms with Crippen molar-refractivity contribution < 1.29 is 0 Å². The van der Waals surface area contributed by atoms with Crippen molar-refractivity contribution in [1.82, 2.24) is 19.7 Å². The van der Waals surface area contributed by atoms with Gasteiger partial charge in [-0.1, -0.05) is 18.5 Å². The number of halogens is 1. The maximum atomic E-state index is 6.36. The van der Waals surface area contributed by atoms with Gasteiger partial charge in [-0.2, -0.15) is 5.10 Å². The van der Waals surface area contributed by atoms with Crippen LogP contribution in [0.1, 0.15) is 48.3 Å². The molecule has 1 N–H and O–H groups in total. The molecular formula is C16H23ClN4. The standard InChI is InChI=1S/C16H23ClN4/c1-4-18-14-7-5-6-12-8-21(9-13(12)14)10-15-16(17)11(2)19-20(15)3/h8-9,14,18H,4-7,10H2,1-3H3. The van der Waals surface area contributed by atoms with Gasteiger partial charge < -0.3 is 9.88 Å². The molecule has 0 spiro atoms. The number of nitrogens with one attached hydrogen (secondary N) is 1. The summed E-state index contributed by atoms with van der Waals surface area (Å²) in [6.45, 7) is 5.92. The van der Waals surface area contributed by atoms with Gasteiger partial charge in [-0.25, -0.2) is 0 Å². The minimum absolute atomic E-state index is 0.503. The molecule has 5 heteroatoms. The van der Waals surface area contributed by atoms with E-state index in [9.17, 15) is 0 Å². The van der Waals surface area contributed by atoms with Crippen LogP contribution in [0.5, 0.6) is 0 Å². The van der Waals surface area contributed by atoms with Crippen LogP contribution in [0, 0.1) is 6.92 Å². The molecule has 1 atom stereocenters. The third-order valence-corrected chi connectivity index (χ3v) is 4.85. The second-order valence-corrected chi connectivity index (χ2v) is 6.26. The molecule has 1 aliphatic carbocycles. The molecule has 3 rings (SSSR count). The predicted molar refractivity (Wildman–Crippen MR) is 85.8 cm³/mol. The molecule has 4 nitrogen and oxygen atoms in total. The molecule has 0 saturated carbocycles. The van der Waals surface area contributed by atoms with Gasteiger partial charge in [0.25, 0.3) is 0 Å². The smallest absolute Gasteiger partial charge is 0.0865 e. The second-order valence-electron chi connectivity index (χ2n) is 5.88. The van der Waals surface area contributed by atoms with E-state index < -0.39 is 0 Å². The molecule has 21 heavy (non-hydrogen) atoms. The fourth-order valence-electron chi connectivity index (χ4n) is 3.32. The Labute approximate surface area is 131 Å². The van der Waals surface area contributed by atoms with Crippen LogP contribution in [0.4, 0.5) is 0 Å². The molecule has 114 valence electrons. The summed E-state index contributed by atoms with van der Waals surface area (Å²) < 4.78 is 4.14. The van der Waals surface area contributed by atoms with Gasteiger partial charge in [0.2, 0.25) is 0 Å². The van der Waals surface area contributed by atoms with Crippen molar-refractivity contribution in [1.29, 1.82) is 0 Å². The maximum absolute atomic E-state index is 6.36. The fraction of sp³-hybridized carbons (Fsp3) is 0.562. The van der Waals surface area contributed by atoms with Crippen molar-refractivity contribution in [2.24, 2.45) is 7.05 Å². The minimum atomic E-state index is 0.503. The van der Waals surface area contributed by atoms with Crippen LogP contribution in [-0.4, -0.2) is 20.9 Å². The largest absolute Gasteiger partial charge is 0.348 e. The van der Waals surface area contributed by atoms with Crippen molar-refractivity contribution in [3.63, 3.8) is 0 Å². The summed E-state index contributed by atoms with van der Waals surface area (Å²) in [6, 6.07) is 0.503. The van der Waals surface area contributed by atoms with Gasteiger partial charge in [-0.05, 0) is 43.9 Å². The Morgan fingerprint density at radius 2 is 2.24 bits per heavy atom. The summed E-state index contributed by atoms with van der Waals surface area (Å²) in [5, 5.41) is 8.76. The van der Waals surface area contributed by atoms with E-state index in [1.165, 1.54) is 30.4 Å². The normalized spacial score (nSPS) is 18.0. The van der Waals surface area contributed by atoms with Gasteiger partial charge in [0, 0.05) is 25.5 Å². The first-order valence-corrected chi connectivity index (χ1v) is 8.07. The second kappa shape index (κ2) is 5.85. The minimum Gasteiger partial charge on any atom is -0.348 e. The van der Waals surface area contributed by atoms with E-state index in [2.05, 4.69) is 34.3 Å². The zero-order valence-corrected chi connectivity index (χ0v) is 13.7. The fourth-order valence-corrected chi connectivity index (χ4v) is 3.54. The Morgan fingerprint density at radius 1 is 1.43 bits per heavy atom. The quantitative estimate of drug-likeness (QED) is 0.941. The Kier molecular flexibility index (Phi) is 4.09. The van der Waals surface area contributed by atoms with E-state index in [-0.39, 0.29) is 0 Å². The molecule has 2 aromatic rings. The first kappa shape index (κ1) is 14.7. The van der Waals surface area contributed by atoms with Crippen molar-refractivity contribution in [3.8, 4) is 0 Å². The number of hydrogen-bond donors (Lipinski definition) is 1. The topological polar surface area (TPSA) is 34.8 Å². The summed E-state index contributed by atoms with van der Waals surface area (Å²) in [5.74, 6) is 0. The molecule has 0 aromatic carbocycles. The maximum Gasteiger partial charge on any atom is 0.0865 e. The first-order valence-electron chi connectivity index (χ1n) is 7.70. The number of nitrogens with zero attached hydrogens (tertiary/aromatic N) is 3. The number of hydrogen-bond acceptors (Lipinski definition) is 2.